The molecule has 2 aliphatic rings. The molecule has 4 rings (SSSR count). The number of benzene rings is 2. The molecule has 0 radical (unpaired) electrons. The van der Waals surface area contributed by atoms with Gasteiger partial charge in [0, 0.05) is 11.6 Å². The van der Waals surface area contributed by atoms with Gasteiger partial charge in [-0.15, -0.1) is 0 Å². The second-order valence-electron chi connectivity index (χ2n) is 5.05. The molecular formula is C16H15NO4. The summed E-state index contributed by atoms with van der Waals surface area (Å²) in [6.45, 7) is 0.671. The van der Waals surface area contributed by atoms with Gasteiger partial charge in [0.05, 0.1) is 6.04 Å². The molecule has 0 saturated heterocycles. The molecule has 2 aromatic rings. The highest BCUT2D eigenvalue weighted by Crippen LogP contribution is 2.37. The van der Waals surface area contributed by atoms with Crippen LogP contribution in [0.1, 0.15) is 11.6 Å². The molecule has 2 heterocycles. The predicted molar refractivity (Wildman–Crippen MR) is 75.8 cm³/mol. The van der Waals surface area contributed by atoms with E-state index >= 15 is 0 Å². The standard InChI is InChI=1S/C16H15NO4/c17-16-11-3-1-2-4-12(11)18-8-15(16)21-10-5-6-13-14(7-10)20-9-19-13/h1-7,15-16H,8-9,17H2. The van der Waals surface area contributed by atoms with Gasteiger partial charge in [-0.1, -0.05) is 18.2 Å². The summed E-state index contributed by atoms with van der Waals surface area (Å²) in [5.74, 6) is 2.95. The lowest BCUT2D eigenvalue weighted by molar-refractivity contribution is 0.0876. The number of hydrogen-bond donors (Lipinski definition) is 1. The fourth-order valence-electron chi connectivity index (χ4n) is 2.60. The van der Waals surface area contributed by atoms with Gasteiger partial charge in [-0.2, -0.15) is 0 Å². The third-order valence-corrected chi connectivity index (χ3v) is 3.71. The highest BCUT2D eigenvalue weighted by molar-refractivity contribution is 5.47. The monoisotopic (exact) mass is 285 g/mol. The topological polar surface area (TPSA) is 62.9 Å². The maximum Gasteiger partial charge on any atom is 0.231 e. The van der Waals surface area contributed by atoms with Crippen molar-refractivity contribution in [1.82, 2.24) is 0 Å². The largest absolute Gasteiger partial charge is 0.489 e. The number of ether oxygens (including phenoxy) is 4. The van der Waals surface area contributed by atoms with Crippen molar-refractivity contribution < 1.29 is 18.9 Å². The molecule has 2 aromatic carbocycles. The van der Waals surface area contributed by atoms with Crippen molar-refractivity contribution >= 4 is 0 Å². The van der Waals surface area contributed by atoms with Crippen molar-refractivity contribution in [3.8, 4) is 23.0 Å². The first-order valence-corrected chi connectivity index (χ1v) is 6.85. The van der Waals surface area contributed by atoms with E-state index in [4.69, 9.17) is 24.7 Å². The summed E-state index contributed by atoms with van der Waals surface area (Å²) in [6.07, 6.45) is -0.236. The van der Waals surface area contributed by atoms with Crippen LogP contribution in [0.2, 0.25) is 0 Å². The third-order valence-electron chi connectivity index (χ3n) is 3.71. The van der Waals surface area contributed by atoms with Crippen molar-refractivity contribution in [1.29, 1.82) is 0 Å². The van der Waals surface area contributed by atoms with E-state index in [-0.39, 0.29) is 18.9 Å². The second kappa shape index (κ2) is 4.86. The Balaban J connectivity index is 1.56. The van der Waals surface area contributed by atoms with Gasteiger partial charge < -0.3 is 24.7 Å². The van der Waals surface area contributed by atoms with Crippen LogP contribution < -0.4 is 24.7 Å². The quantitative estimate of drug-likeness (QED) is 0.917. The van der Waals surface area contributed by atoms with Crippen molar-refractivity contribution in [2.45, 2.75) is 12.1 Å². The molecule has 21 heavy (non-hydrogen) atoms. The number of fused-ring (bicyclic) bond motifs is 2. The van der Waals surface area contributed by atoms with Gasteiger partial charge in [0.15, 0.2) is 17.6 Å². The van der Waals surface area contributed by atoms with Crippen molar-refractivity contribution in [3.05, 3.63) is 48.0 Å². The molecule has 5 nitrogen and oxygen atoms in total. The Kier molecular flexibility index (Phi) is 2.86. The van der Waals surface area contributed by atoms with E-state index in [0.29, 0.717) is 18.1 Å². The molecule has 108 valence electrons. The van der Waals surface area contributed by atoms with Crippen LogP contribution in [0.4, 0.5) is 0 Å². The van der Waals surface area contributed by atoms with Crippen molar-refractivity contribution in [2.75, 3.05) is 13.4 Å². The zero-order valence-electron chi connectivity index (χ0n) is 11.3. The van der Waals surface area contributed by atoms with Crippen LogP contribution in [0.3, 0.4) is 0 Å². The molecule has 2 aliphatic heterocycles. The summed E-state index contributed by atoms with van der Waals surface area (Å²) in [5.41, 5.74) is 7.26. The molecule has 2 atom stereocenters. The molecular weight excluding hydrogens is 270 g/mol. The smallest absolute Gasteiger partial charge is 0.231 e. The van der Waals surface area contributed by atoms with Crippen LogP contribution in [0.25, 0.3) is 0 Å². The van der Waals surface area contributed by atoms with Crippen molar-refractivity contribution in [3.63, 3.8) is 0 Å². The Morgan fingerprint density at radius 1 is 0.952 bits per heavy atom. The molecule has 5 heteroatoms. The predicted octanol–water partition coefficient (Wildman–Crippen LogP) is 2.26. The number of rotatable bonds is 2. The molecule has 0 fully saturated rings. The maximum atomic E-state index is 6.29. The molecule has 0 aliphatic carbocycles. The average Bonchev–Trinajstić information content (AvgIpc) is 2.98. The van der Waals surface area contributed by atoms with Crippen LogP contribution in [0, 0.1) is 0 Å². The normalized spacial score (nSPS) is 22.3. The van der Waals surface area contributed by atoms with Crippen LogP contribution in [0.15, 0.2) is 42.5 Å². The number of nitrogens with two attached hydrogens (primary N) is 1. The summed E-state index contributed by atoms with van der Waals surface area (Å²) in [4.78, 5) is 0. The lowest BCUT2D eigenvalue weighted by Gasteiger charge is -2.31. The Labute approximate surface area is 122 Å². The zero-order chi connectivity index (χ0) is 14.2. The molecule has 0 amide bonds. The summed E-state index contributed by atoms with van der Waals surface area (Å²) >= 11 is 0. The van der Waals surface area contributed by atoms with E-state index < -0.39 is 0 Å². The summed E-state index contributed by atoms with van der Waals surface area (Å²) in [7, 11) is 0. The van der Waals surface area contributed by atoms with E-state index in [0.717, 1.165) is 17.1 Å². The van der Waals surface area contributed by atoms with Gasteiger partial charge >= 0.3 is 0 Å². The molecule has 0 aromatic heterocycles. The van der Waals surface area contributed by atoms with E-state index in [9.17, 15) is 0 Å². The summed E-state index contributed by atoms with van der Waals surface area (Å²) in [6, 6.07) is 13.0. The molecule has 0 spiro atoms. The Morgan fingerprint density at radius 2 is 1.81 bits per heavy atom. The van der Waals surface area contributed by atoms with E-state index in [1.54, 1.807) is 0 Å². The highest BCUT2D eigenvalue weighted by atomic mass is 16.7. The number of para-hydroxylation sites is 1. The van der Waals surface area contributed by atoms with Gasteiger partial charge in [0.1, 0.15) is 18.1 Å². The maximum absolute atomic E-state index is 6.29. The summed E-state index contributed by atoms with van der Waals surface area (Å²) < 4.78 is 22.3. The van der Waals surface area contributed by atoms with Crippen molar-refractivity contribution in [2.24, 2.45) is 5.73 Å². The highest BCUT2D eigenvalue weighted by Gasteiger charge is 2.29. The van der Waals surface area contributed by atoms with Gasteiger partial charge in [-0.3, -0.25) is 0 Å². The zero-order valence-corrected chi connectivity index (χ0v) is 11.3. The Morgan fingerprint density at radius 3 is 2.76 bits per heavy atom. The Hall–Kier alpha value is -2.40. The fraction of sp³-hybridized carbons (Fsp3) is 0.250. The second-order valence-corrected chi connectivity index (χ2v) is 5.05. The van der Waals surface area contributed by atoms with E-state index in [1.165, 1.54) is 0 Å². The average molecular weight is 285 g/mol. The Bertz CT molecular complexity index is 673. The minimum absolute atomic E-state index is 0.222. The first-order chi connectivity index (χ1) is 10.3. The van der Waals surface area contributed by atoms with Crippen LogP contribution in [-0.4, -0.2) is 19.5 Å². The first-order valence-electron chi connectivity index (χ1n) is 6.85. The van der Waals surface area contributed by atoms with Gasteiger partial charge in [0.25, 0.3) is 0 Å². The van der Waals surface area contributed by atoms with Crippen LogP contribution in [0.5, 0.6) is 23.0 Å². The van der Waals surface area contributed by atoms with Gasteiger partial charge in [0.2, 0.25) is 6.79 Å². The lowest BCUT2D eigenvalue weighted by Crippen LogP contribution is -2.40. The van der Waals surface area contributed by atoms with Gasteiger partial charge in [-0.05, 0) is 18.2 Å². The van der Waals surface area contributed by atoms with E-state index in [1.807, 2.05) is 42.5 Å². The van der Waals surface area contributed by atoms with E-state index in [2.05, 4.69) is 0 Å². The molecule has 2 unspecified atom stereocenters. The number of hydrogen-bond acceptors (Lipinski definition) is 5. The molecule has 0 saturated carbocycles. The van der Waals surface area contributed by atoms with Crippen LogP contribution >= 0.6 is 0 Å². The molecule has 2 N–H and O–H groups in total. The van der Waals surface area contributed by atoms with Gasteiger partial charge in [-0.25, -0.2) is 0 Å². The molecule has 0 bridgehead atoms. The first kappa shape index (κ1) is 12.3. The minimum Gasteiger partial charge on any atom is -0.489 e. The van der Waals surface area contributed by atoms with Crippen LogP contribution in [-0.2, 0) is 0 Å². The fourth-order valence-corrected chi connectivity index (χ4v) is 2.60. The third kappa shape index (κ3) is 2.15. The lowest BCUT2D eigenvalue weighted by atomic mass is 9.99. The SMILES string of the molecule is NC1c2ccccc2OCC1Oc1ccc2c(c1)OCO2. The summed E-state index contributed by atoms with van der Waals surface area (Å²) in [5, 5.41) is 0. The minimum atomic E-state index is -0.236.